The lowest BCUT2D eigenvalue weighted by Crippen LogP contribution is -2.28. The summed E-state index contributed by atoms with van der Waals surface area (Å²) in [7, 11) is 0. The highest BCUT2D eigenvalue weighted by molar-refractivity contribution is 7.80. The summed E-state index contributed by atoms with van der Waals surface area (Å²) in [5, 5.41) is 7.63. The Morgan fingerprint density at radius 1 is 1.16 bits per heavy atom. The molecule has 0 radical (unpaired) electrons. The number of aryl methyl sites for hydroxylation is 1. The molecule has 0 amide bonds. The van der Waals surface area contributed by atoms with Gasteiger partial charge >= 0.3 is 0 Å². The predicted molar refractivity (Wildman–Crippen MR) is 110 cm³/mol. The normalized spacial score (nSPS) is 13.8. The molecule has 1 aliphatic rings. The van der Waals surface area contributed by atoms with Gasteiger partial charge in [0.05, 0.1) is 15.7 Å². The Morgan fingerprint density at radius 3 is 2.52 bits per heavy atom. The van der Waals surface area contributed by atoms with Gasteiger partial charge in [-0.1, -0.05) is 35.3 Å². The topological polar surface area (TPSA) is 40.2 Å². The van der Waals surface area contributed by atoms with E-state index in [-0.39, 0.29) is 0 Å². The average molecular weight is 395 g/mol. The summed E-state index contributed by atoms with van der Waals surface area (Å²) in [6.45, 7) is 4.76. The van der Waals surface area contributed by atoms with Crippen LogP contribution in [0.2, 0.25) is 10.0 Å². The molecule has 132 valence electrons. The maximum atomic E-state index is 6.14. The molecular formula is C18H20Cl2N4S. The van der Waals surface area contributed by atoms with Gasteiger partial charge in [-0.25, -0.2) is 4.98 Å². The molecule has 2 aromatic rings. The van der Waals surface area contributed by atoms with Gasteiger partial charge in [-0.05, 0) is 55.7 Å². The van der Waals surface area contributed by atoms with Crippen LogP contribution in [0, 0.1) is 6.92 Å². The standard InChI is InChI=1S/C18H20Cl2N4S/c1-12-15(19)10-16(20)17(22-12)23-18(25)21-11-13-4-6-14(7-5-13)24-8-2-3-9-24/h4-7,10H,2-3,8-9,11H2,1H3,(H2,21,22,23,25). The molecule has 0 spiro atoms. The zero-order valence-corrected chi connectivity index (χ0v) is 16.3. The lowest BCUT2D eigenvalue weighted by Gasteiger charge is -2.18. The molecule has 25 heavy (non-hydrogen) atoms. The zero-order chi connectivity index (χ0) is 17.8. The first-order chi connectivity index (χ1) is 12.0. The second-order valence-electron chi connectivity index (χ2n) is 6.05. The summed E-state index contributed by atoms with van der Waals surface area (Å²) >= 11 is 17.5. The number of hydrogen-bond donors (Lipinski definition) is 2. The quantitative estimate of drug-likeness (QED) is 0.729. The van der Waals surface area contributed by atoms with Gasteiger partial charge in [-0.2, -0.15) is 0 Å². The second kappa shape index (κ2) is 8.21. The largest absolute Gasteiger partial charge is 0.372 e. The number of anilines is 2. The Hall–Kier alpha value is -1.56. The SMILES string of the molecule is Cc1nc(NC(=S)NCc2ccc(N3CCCC3)cc2)c(Cl)cc1Cl. The van der Waals surface area contributed by atoms with Crippen molar-refractivity contribution in [1.29, 1.82) is 0 Å². The monoisotopic (exact) mass is 394 g/mol. The number of halogens is 2. The highest BCUT2D eigenvalue weighted by Gasteiger charge is 2.12. The number of pyridine rings is 1. The van der Waals surface area contributed by atoms with Crippen LogP contribution in [0.3, 0.4) is 0 Å². The van der Waals surface area contributed by atoms with E-state index in [1.54, 1.807) is 6.07 Å². The highest BCUT2D eigenvalue weighted by Crippen LogP contribution is 2.25. The van der Waals surface area contributed by atoms with Crippen molar-refractivity contribution in [3.8, 4) is 0 Å². The zero-order valence-electron chi connectivity index (χ0n) is 14.0. The Morgan fingerprint density at radius 2 is 1.84 bits per heavy atom. The van der Waals surface area contributed by atoms with E-state index in [9.17, 15) is 0 Å². The van der Waals surface area contributed by atoms with Crippen LogP contribution in [-0.2, 0) is 6.54 Å². The van der Waals surface area contributed by atoms with Crippen molar-refractivity contribution in [1.82, 2.24) is 10.3 Å². The fourth-order valence-corrected chi connectivity index (χ4v) is 3.35. The fraction of sp³-hybridized carbons (Fsp3) is 0.333. The van der Waals surface area contributed by atoms with Gasteiger partial charge in [0.2, 0.25) is 0 Å². The van der Waals surface area contributed by atoms with Crippen molar-refractivity contribution in [2.24, 2.45) is 0 Å². The molecule has 0 atom stereocenters. The minimum absolute atomic E-state index is 0.440. The maximum Gasteiger partial charge on any atom is 0.172 e. The van der Waals surface area contributed by atoms with Crippen LogP contribution in [0.1, 0.15) is 24.1 Å². The van der Waals surface area contributed by atoms with E-state index in [0.29, 0.717) is 33.2 Å². The first kappa shape index (κ1) is 18.2. The molecule has 7 heteroatoms. The van der Waals surface area contributed by atoms with Gasteiger partial charge in [0.1, 0.15) is 0 Å². The minimum atomic E-state index is 0.440. The number of thiocarbonyl (C=S) groups is 1. The number of hydrogen-bond acceptors (Lipinski definition) is 3. The Labute approximate surface area is 163 Å². The van der Waals surface area contributed by atoms with Crippen LogP contribution in [0.5, 0.6) is 0 Å². The number of nitrogens with one attached hydrogen (secondary N) is 2. The molecule has 3 rings (SSSR count). The number of nitrogens with zero attached hydrogens (tertiary/aromatic N) is 2. The highest BCUT2D eigenvalue weighted by atomic mass is 35.5. The maximum absolute atomic E-state index is 6.14. The van der Waals surface area contributed by atoms with Crippen LogP contribution in [0.4, 0.5) is 11.5 Å². The molecule has 2 heterocycles. The number of rotatable bonds is 4. The number of benzene rings is 1. The third-order valence-corrected chi connectivity index (χ3v) is 5.11. The van der Waals surface area contributed by atoms with Gasteiger partial charge < -0.3 is 15.5 Å². The first-order valence-electron chi connectivity index (χ1n) is 8.24. The summed E-state index contributed by atoms with van der Waals surface area (Å²) in [6.07, 6.45) is 2.56. The van der Waals surface area contributed by atoms with Gasteiger partial charge in [-0.3, -0.25) is 0 Å². The second-order valence-corrected chi connectivity index (χ2v) is 7.28. The molecule has 0 bridgehead atoms. The van der Waals surface area contributed by atoms with Crippen molar-refractivity contribution in [3.63, 3.8) is 0 Å². The summed E-state index contributed by atoms with van der Waals surface area (Å²) in [5.74, 6) is 0.505. The fourth-order valence-electron chi connectivity index (χ4n) is 2.78. The van der Waals surface area contributed by atoms with Crippen LogP contribution < -0.4 is 15.5 Å². The summed E-state index contributed by atoms with van der Waals surface area (Å²) < 4.78 is 0. The molecule has 1 fully saturated rings. The molecular weight excluding hydrogens is 375 g/mol. The molecule has 1 aromatic carbocycles. The van der Waals surface area contributed by atoms with E-state index >= 15 is 0 Å². The minimum Gasteiger partial charge on any atom is -0.372 e. The van der Waals surface area contributed by atoms with E-state index in [4.69, 9.17) is 35.4 Å². The molecule has 1 aliphatic heterocycles. The van der Waals surface area contributed by atoms with Crippen LogP contribution in [0.25, 0.3) is 0 Å². The van der Waals surface area contributed by atoms with Crippen molar-refractivity contribution < 1.29 is 0 Å². The van der Waals surface area contributed by atoms with Crippen LogP contribution >= 0.6 is 35.4 Å². The van der Waals surface area contributed by atoms with Gasteiger partial charge in [0.15, 0.2) is 10.9 Å². The molecule has 1 saturated heterocycles. The summed E-state index contributed by atoms with van der Waals surface area (Å²) in [6, 6.07) is 10.2. The van der Waals surface area contributed by atoms with E-state index in [1.807, 2.05) is 6.92 Å². The lowest BCUT2D eigenvalue weighted by atomic mass is 10.2. The van der Waals surface area contributed by atoms with Crippen molar-refractivity contribution >= 4 is 52.0 Å². The van der Waals surface area contributed by atoms with Gasteiger partial charge in [-0.15, -0.1) is 0 Å². The number of aromatic nitrogens is 1. The van der Waals surface area contributed by atoms with E-state index in [2.05, 4.69) is 44.8 Å². The third kappa shape index (κ3) is 4.75. The summed E-state index contributed by atoms with van der Waals surface area (Å²) in [4.78, 5) is 6.73. The van der Waals surface area contributed by atoms with Crippen molar-refractivity contribution in [2.75, 3.05) is 23.3 Å². The van der Waals surface area contributed by atoms with E-state index in [1.165, 1.54) is 24.1 Å². The Kier molecular flexibility index (Phi) is 5.99. The molecule has 2 N–H and O–H groups in total. The Balaban J connectivity index is 1.54. The van der Waals surface area contributed by atoms with E-state index < -0.39 is 0 Å². The lowest BCUT2D eigenvalue weighted by molar-refractivity contribution is 0.920. The van der Waals surface area contributed by atoms with Gasteiger partial charge in [0.25, 0.3) is 0 Å². The first-order valence-corrected chi connectivity index (χ1v) is 9.41. The van der Waals surface area contributed by atoms with E-state index in [0.717, 1.165) is 13.1 Å². The Bertz CT molecular complexity index is 758. The molecule has 4 nitrogen and oxygen atoms in total. The molecule has 0 saturated carbocycles. The van der Waals surface area contributed by atoms with Gasteiger partial charge in [0, 0.05) is 25.3 Å². The van der Waals surface area contributed by atoms with Crippen LogP contribution in [-0.4, -0.2) is 23.2 Å². The molecule has 1 aromatic heterocycles. The average Bonchev–Trinajstić information content (AvgIpc) is 3.13. The molecule has 0 aliphatic carbocycles. The summed E-state index contributed by atoms with van der Waals surface area (Å²) in [5.41, 5.74) is 3.15. The molecule has 0 unspecified atom stereocenters. The van der Waals surface area contributed by atoms with Crippen molar-refractivity contribution in [3.05, 3.63) is 51.6 Å². The third-order valence-electron chi connectivity index (χ3n) is 4.20. The van der Waals surface area contributed by atoms with Crippen molar-refractivity contribution in [2.45, 2.75) is 26.3 Å². The predicted octanol–water partition coefficient (Wildman–Crippen LogP) is 4.78. The smallest absolute Gasteiger partial charge is 0.172 e. The van der Waals surface area contributed by atoms with Crippen LogP contribution in [0.15, 0.2) is 30.3 Å².